The molecule has 0 radical (unpaired) electrons. The van der Waals surface area contributed by atoms with Crippen molar-refractivity contribution in [3.8, 4) is 0 Å². The summed E-state index contributed by atoms with van der Waals surface area (Å²) in [6, 6.07) is 8.31. The van der Waals surface area contributed by atoms with Crippen LogP contribution in [0.2, 0.25) is 0 Å². The maximum absolute atomic E-state index is 12.2. The van der Waals surface area contributed by atoms with Crippen molar-refractivity contribution in [2.45, 2.75) is 0 Å². The summed E-state index contributed by atoms with van der Waals surface area (Å²) < 4.78 is 4.54. The molecule has 0 aromatic heterocycles. The molecule has 0 aliphatic rings. The van der Waals surface area contributed by atoms with Gasteiger partial charge in [-0.3, -0.25) is 25.0 Å². The summed E-state index contributed by atoms with van der Waals surface area (Å²) in [5.74, 6) is -1.24. The Labute approximate surface area is 140 Å². The zero-order chi connectivity index (χ0) is 18.6. The van der Waals surface area contributed by atoms with Crippen molar-refractivity contribution in [1.82, 2.24) is 0 Å². The highest BCUT2D eigenvalue weighted by Gasteiger charge is 2.21. The van der Waals surface area contributed by atoms with Crippen molar-refractivity contribution in [1.29, 1.82) is 0 Å². The molecule has 0 aliphatic carbocycles. The number of anilines is 1. The van der Waals surface area contributed by atoms with E-state index in [0.717, 1.165) is 18.2 Å². The van der Waals surface area contributed by atoms with Gasteiger partial charge >= 0.3 is 5.97 Å². The minimum absolute atomic E-state index is 0.139. The molecule has 0 spiro atoms. The Balaban J connectivity index is 2.27. The van der Waals surface area contributed by atoms with Crippen LogP contribution < -0.4 is 5.32 Å². The fourth-order valence-corrected chi connectivity index (χ4v) is 1.96. The lowest BCUT2D eigenvalue weighted by Crippen LogP contribution is -2.13. The second-order valence-electron chi connectivity index (χ2n) is 4.74. The first-order valence-corrected chi connectivity index (χ1v) is 6.76. The van der Waals surface area contributed by atoms with Crippen molar-refractivity contribution >= 4 is 28.9 Å². The van der Waals surface area contributed by atoms with Crippen molar-refractivity contribution < 1.29 is 24.2 Å². The third kappa shape index (κ3) is 3.93. The molecule has 10 heteroatoms. The number of nitro benzene ring substituents is 2. The predicted molar refractivity (Wildman–Crippen MR) is 85.5 cm³/mol. The van der Waals surface area contributed by atoms with Gasteiger partial charge in [0.25, 0.3) is 17.3 Å². The number of nitrogens with zero attached hydrogens (tertiary/aromatic N) is 2. The Morgan fingerprint density at radius 2 is 1.56 bits per heavy atom. The normalized spacial score (nSPS) is 9.96. The molecule has 0 aliphatic heterocycles. The van der Waals surface area contributed by atoms with Crippen LogP contribution in [0.3, 0.4) is 0 Å². The molecule has 128 valence electrons. The van der Waals surface area contributed by atoms with Gasteiger partial charge in [0, 0.05) is 11.6 Å². The maximum atomic E-state index is 12.2. The zero-order valence-corrected chi connectivity index (χ0v) is 12.8. The van der Waals surface area contributed by atoms with Gasteiger partial charge in [-0.25, -0.2) is 4.79 Å². The number of benzene rings is 2. The van der Waals surface area contributed by atoms with Crippen molar-refractivity contribution in [2.24, 2.45) is 0 Å². The third-order valence-corrected chi connectivity index (χ3v) is 3.21. The molecule has 0 saturated heterocycles. The van der Waals surface area contributed by atoms with Gasteiger partial charge in [0.05, 0.1) is 28.6 Å². The summed E-state index contributed by atoms with van der Waals surface area (Å²) >= 11 is 0. The van der Waals surface area contributed by atoms with Crippen LogP contribution in [-0.4, -0.2) is 28.8 Å². The fourth-order valence-electron chi connectivity index (χ4n) is 1.96. The molecule has 1 N–H and O–H groups in total. The van der Waals surface area contributed by atoms with E-state index in [1.807, 2.05) is 0 Å². The second kappa shape index (κ2) is 7.17. The van der Waals surface area contributed by atoms with Crippen LogP contribution in [0.15, 0.2) is 42.5 Å². The lowest BCUT2D eigenvalue weighted by atomic mass is 10.1. The summed E-state index contributed by atoms with van der Waals surface area (Å²) in [7, 11) is 1.22. The van der Waals surface area contributed by atoms with Gasteiger partial charge < -0.3 is 10.1 Å². The monoisotopic (exact) mass is 345 g/mol. The molecular formula is C15H11N3O7. The summed E-state index contributed by atoms with van der Waals surface area (Å²) in [4.78, 5) is 43.7. The van der Waals surface area contributed by atoms with Gasteiger partial charge in [0.2, 0.25) is 0 Å². The molecule has 0 fully saturated rings. The standard InChI is InChI=1S/C15H11N3O7/c1-25-15(20)10-4-2-9(3-5-10)14(19)16-12-7-6-11(17(21)22)8-13(12)18(23)24/h2-8H,1H3,(H,16,19). The molecule has 0 saturated carbocycles. The number of ether oxygens (including phenoxy) is 1. The van der Waals surface area contributed by atoms with E-state index in [1.54, 1.807) is 0 Å². The summed E-state index contributed by atoms with van der Waals surface area (Å²) in [6.07, 6.45) is 0. The quantitative estimate of drug-likeness (QED) is 0.498. The molecule has 0 unspecified atom stereocenters. The maximum Gasteiger partial charge on any atom is 0.337 e. The minimum atomic E-state index is -0.830. The van der Waals surface area contributed by atoms with E-state index >= 15 is 0 Å². The first-order valence-electron chi connectivity index (χ1n) is 6.76. The largest absolute Gasteiger partial charge is 0.465 e. The highest BCUT2D eigenvalue weighted by atomic mass is 16.6. The summed E-state index contributed by atoms with van der Waals surface area (Å²) in [6.45, 7) is 0. The Morgan fingerprint density at radius 1 is 0.960 bits per heavy atom. The molecule has 0 bridgehead atoms. The van der Waals surface area contributed by atoms with E-state index in [2.05, 4.69) is 10.1 Å². The van der Waals surface area contributed by atoms with Crippen LogP contribution in [0.4, 0.5) is 17.1 Å². The van der Waals surface area contributed by atoms with Crippen molar-refractivity contribution in [2.75, 3.05) is 12.4 Å². The fraction of sp³-hybridized carbons (Fsp3) is 0.0667. The molecule has 1 amide bonds. The van der Waals surface area contributed by atoms with Gasteiger partial charge in [0.15, 0.2) is 0 Å². The Hall–Kier alpha value is -3.82. The number of nitrogens with one attached hydrogen (secondary N) is 1. The van der Waals surface area contributed by atoms with Gasteiger partial charge in [-0.1, -0.05) is 0 Å². The number of non-ortho nitro benzene ring substituents is 1. The molecule has 2 aromatic carbocycles. The average Bonchev–Trinajstić information content (AvgIpc) is 2.61. The molecular weight excluding hydrogens is 334 g/mol. The first-order chi connectivity index (χ1) is 11.8. The van der Waals surface area contributed by atoms with E-state index in [-0.39, 0.29) is 16.8 Å². The summed E-state index contributed by atoms with van der Waals surface area (Å²) in [5.41, 5.74) is -0.876. The molecule has 0 heterocycles. The Bertz CT molecular complexity index is 862. The van der Waals surface area contributed by atoms with Crippen LogP contribution >= 0.6 is 0 Å². The number of hydrogen-bond donors (Lipinski definition) is 1. The van der Waals surface area contributed by atoms with Crippen molar-refractivity contribution in [3.05, 3.63) is 73.8 Å². The molecule has 2 aromatic rings. The lowest BCUT2D eigenvalue weighted by molar-refractivity contribution is -0.393. The van der Waals surface area contributed by atoms with Gasteiger partial charge in [-0.2, -0.15) is 0 Å². The van der Waals surface area contributed by atoms with Gasteiger partial charge in [-0.15, -0.1) is 0 Å². The number of amides is 1. The second-order valence-corrected chi connectivity index (χ2v) is 4.74. The Morgan fingerprint density at radius 3 is 2.08 bits per heavy atom. The van der Waals surface area contributed by atoms with Gasteiger partial charge in [-0.05, 0) is 30.3 Å². The van der Waals surface area contributed by atoms with E-state index in [4.69, 9.17) is 0 Å². The highest BCUT2D eigenvalue weighted by Crippen LogP contribution is 2.29. The van der Waals surface area contributed by atoms with Crippen LogP contribution in [0, 0.1) is 20.2 Å². The molecule has 25 heavy (non-hydrogen) atoms. The number of carbonyl (C=O) groups excluding carboxylic acids is 2. The van der Waals surface area contributed by atoms with E-state index in [1.165, 1.54) is 31.4 Å². The topological polar surface area (TPSA) is 142 Å². The Kier molecular flexibility index (Phi) is 5.03. The minimum Gasteiger partial charge on any atom is -0.465 e. The van der Waals surface area contributed by atoms with E-state index in [9.17, 15) is 29.8 Å². The highest BCUT2D eigenvalue weighted by molar-refractivity contribution is 6.06. The average molecular weight is 345 g/mol. The molecule has 0 atom stereocenters. The molecule has 10 nitrogen and oxygen atoms in total. The predicted octanol–water partition coefficient (Wildman–Crippen LogP) is 2.54. The number of carbonyl (C=O) groups is 2. The summed E-state index contributed by atoms with van der Waals surface area (Å²) in [5, 5.41) is 24.1. The van der Waals surface area contributed by atoms with E-state index in [0.29, 0.717) is 0 Å². The van der Waals surface area contributed by atoms with Crippen LogP contribution in [0.25, 0.3) is 0 Å². The van der Waals surface area contributed by atoms with Crippen LogP contribution in [0.1, 0.15) is 20.7 Å². The number of esters is 1. The van der Waals surface area contributed by atoms with Crippen LogP contribution in [-0.2, 0) is 4.74 Å². The smallest absolute Gasteiger partial charge is 0.337 e. The van der Waals surface area contributed by atoms with Crippen molar-refractivity contribution in [3.63, 3.8) is 0 Å². The molecule has 2 rings (SSSR count). The van der Waals surface area contributed by atoms with E-state index < -0.39 is 33.1 Å². The SMILES string of the molecule is COC(=O)c1ccc(C(=O)Nc2ccc([N+](=O)[O-])cc2[N+](=O)[O-])cc1. The lowest BCUT2D eigenvalue weighted by Gasteiger charge is -2.06. The number of hydrogen-bond acceptors (Lipinski definition) is 7. The van der Waals surface area contributed by atoms with Crippen LogP contribution in [0.5, 0.6) is 0 Å². The van der Waals surface area contributed by atoms with Gasteiger partial charge in [0.1, 0.15) is 5.69 Å². The number of rotatable bonds is 5. The number of nitro groups is 2. The first kappa shape index (κ1) is 17.5. The third-order valence-electron chi connectivity index (χ3n) is 3.21. The zero-order valence-electron chi connectivity index (χ0n) is 12.8. The number of methoxy groups -OCH3 is 1.